The molecule has 0 aliphatic rings. The van der Waals surface area contributed by atoms with Gasteiger partial charge >= 0.3 is 0 Å². The molecule has 1 amide bonds. The van der Waals surface area contributed by atoms with E-state index in [0.717, 1.165) is 11.3 Å². The molecule has 0 spiro atoms. The Balaban J connectivity index is 1.81. The minimum Gasteiger partial charge on any atom is -0.497 e. The minimum absolute atomic E-state index is 0.0447. The summed E-state index contributed by atoms with van der Waals surface area (Å²) in [7, 11) is 2.99. The van der Waals surface area contributed by atoms with Gasteiger partial charge in [-0.2, -0.15) is 0 Å². The molecule has 1 N–H and O–H groups in total. The number of ether oxygens (including phenoxy) is 2. The Morgan fingerprint density at radius 1 is 1.11 bits per heavy atom. The maximum Gasteiger partial charge on any atom is 0.270 e. The van der Waals surface area contributed by atoms with Crippen molar-refractivity contribution >= 4 is 28.1 Å². The molecule has 0 bridgehead atoms. The van der Waals surface area contributed by atoms with E-state index < -0.39 is 10.8 Å². The van der Waals surface area contributed by atoms with Crippen LogP contribution in [0.5, 0.6) is 11.5 Å². The SMILES string of the molecule is COc1cc(OC)cc(C(=O)Nc2nnc(-c3cccc([N+](=O)[O-])c3)s2)c1. The number of hydrogen-bond donors (Lipinski definition) is 1. The second kappa shape index (κ2) is 7.79. The number of nitro groups is 1. The van der Waals surface area contributed by atoms with E-state index in [1.807, 2.05) is 0 Å². The molecule has 9 nitrogen and oxygen atoms in total. The maximum absolute atomic E-state index is 12.5. The number of carbonyl (C=O) groups is 1. The highest BCUT2D eigenvalue weighted by Gasteiger charge is 2.15. The number of hydrogen-bond acceptors (Lipinski definition) is 8. The first-order chi connectivity index (χ1) is 13.0. The van der Waals surface area contributed by atoms with Gasteiger partial charge in [0.15, 0.2) is 0 Å². The summed E-state index contributed by atoms with van der Waals surface area (Å²) in [6, 6.07) is 10.8. The molecule has 1 aromatic heterocycles. The number of non-ortho nitro benzene ring substituents is 1. The largest absolute Gasteiger partial charge is 0.497 e. The first kappa shape index (κ1) is 18.3. The lowest BCUT2D eigenvalue weighted by molar-refractivity contribution is -0.384. The second-order valence-corrected chi connectivity index (χ2v) is 6.25. The molecule has 0 saturated heterocycles. The van der Waals surface area contributed by atoms with Gasteiger partial charge in [-0.25, -0.2) is 0 Å². The van der Waals surface area contributed by atoms with Crippen molar-refractivity contribution in [2.45, 2.75) is 0 Å². The average Bonchev–Trinajstić information content (AvgIpc) is 3.16. The predicted octanol–water partition coefficient (Wildman–Crippen LogP) is 3.38. The lowest BCUT2D eigenvalue weighted by Crippen LogP contribution is -2.12. The van der Waals surface area contributed by atoms with Gasteiger partial charge in [0.1, 0.15) is 16.5 Å². The fourth-order valence-electron chi connectivity index (χ4n) is 2.25. The summed E-state index contributed by atoms with van der Waals surface area (Å²) >= 11 is 1.11. The minimum atomic E-state index is -0.483. The third-order valence-corrected chi connectivity index (χ3v) is 4.45. The quantitative estimate of drug-likeness (QED) is 0.510. The van der Waals surface area contributed by atoms with E-state index in [4.69, 9.17) is 9.47 Å². The highest BCUT2D eigenvalue weighted by Crippen LogP contribution is 2.29. The topological polar surface area (TPSA) is 116 Å². The van der Waals surface area contributed by atoms with Crippen molar-refractivity contribution in [3.05, 3.63) is 58.1 Å². The maximum atomic E-state index is 12.5. The Morgan fingerprint density at radius 3 is 2.44 bits per heavy atom. The zero-order chi connectivity index (χ0) is 19.4. The van der Waals surface area contributed by atoms with Crippen molar-refractivity contribution in [2.75, 3.05) is 19.5 Å². The molecular formula is C17H14N4O5S. The summed E-state index contributed by atoms with van der Waals surface area (Å²) in [6.07, 6.45) is 0. The van der Waals surface area contributed by atoms with Gasteiger partial charge in [0.2, 0.25) is 5.13 Å². The number of carbonyl (C=O) groups excluding carboxylic acids is 1. The molecule has 0 unspecified atom stereocenters. The van der Waals surface area contributed by atoms with Crippen molar-refractivity contribution in [1.82, 2.24) is 10.2 Å². The van der Waals surface area contributed by atoms with Gasteiger partial charge in [-0.3, -0.25) is 20.2 Å². The number of aromatic nitrogens is 2. The summed E-state index contributed by atoms with van der Waals surface area (Å²) in [5.74, 6) is 0.553. The van der Waals surface area contributed by atoms with Crippen LogP contribution in [0.25, 0.3) is 10.6 Å². The van der Waals surface area contributed by atoms with Crippen molar-refractivity contribution < 1.29 is 19.2 Å². The molecule has 27 heavy (non-hydrogen) atoms. The first-order valence-corrected chi connectivity index (χ1v) is 8.44. The van der Waals surface area contributed by atoms with Gasteiger partial charge in [-0.15, -0.1) is 10.2 Å². The first-order valence-electron chi connectivity index (χ1n) is 7.63. The van der Waals surface area contributed by atoms with Crippen molar-refractivity contribution in [2.24, 2.45) is 0 Å². The van der Waals surface area contributed by atoms with E-state index in [1.54, 1.807) is 30.3 Å². The number of rotatable bonds is 6. The molecule has 3 rings (SSSR count). The number of benzene rings is 2. The third-order valence-electron chi connectivity index (χ3n) is 3.56. The molecule has 0 fully saturated rings. The van der Waals surface area contributed by atoms with Crippen LogP contribution in [0, 0.1) is 10.1 Å². The molecule has 3 aromatic rings. The Labute approximate surface area is 157 Å². The summed E-state index contributed by atoms with van der Waals surface area (Å²) in [4.78, 5) is 22.9. The van der Waals surface area contributed by atoms with E-state index >= 15 is 0 Å². The van der Waals surface area contributed by atoms with Gasteiger partial charge in [-0.1, -0.05) is 23.5 Å². The lowest BCUT2D eigenvalue weighted by atomic mass is 10.2. The molecular weight excluding hydrogens is 372 g/mol. The van der Waals surface area contributed by atoms with E-state index in [0.29, 0.717) is 27.6 Å². The highest BCUT2D eigenvalue weighted by molar-refractivity contribution is 7.18. The fourth-order valence-corrected chi connectivity index (χ4v) is 2.99. The van der Waals surface area contributed by atoms with Crippen molar-refractivity contribution in [3.8, 4) is 22.1 Å². The van der Waals surface area contributed by atoms with Gasteiger partial charge in [0.25, 0.3) is 11.6 Å². The molecule has 10 heteroatoms. The summed E-state index contributed by atoms with van der Waals surface area (Å²) in [6.45, 7) is 0. The fraction of sp³-hybridized carbons (Fsp3) is 0.118. The molecule has 0 atom stereocenters. The second-order valence-electron chi connectivity index (χ2n) is 5.28. The Kier molecular flexibility index (Phi) is 5.27. The summed E-state index contributed by atoms with van der Waals surface area (Å²) < 4.78 is 10.3. The molecule has 2 aromatic carbocycles. The Hall–Kier alpha value is -3.53. The van der Waals surface area contributed by atoms with Crippen LogP contribution >= 0.6 is 11.3 Å². The van der Waals surface area contributed by atoms with Gasteiger partial charge in [-0.05, 0) is 12.1 Å². The zero-order valence-electron chi connectivity index (χ0n) is 14.3. The highest BCUT2D eigenvalue weighted by atomic mass is 32.1. The van der Waals surface area contributed by atoms with E-state index in [1.165, 1.54) is 26.4 Å². The smallest absolute Gasteiger partial charge is 0.270 e. The van der Waals surface area contributed by atoms with Gasteiger partial charge < -0.3 is 9.47 Å². The third kappa shape index (κ3) is 4.18. The number of nitrogens with one attached hydrogen (secondary N) is 1. The van der Waals surface area contributed by atoms with Crippen molar-refractivity contribution in [1.29, 1.82) is 0 Å². The summed E-state index contributed by atoms with van der Waals surface area (Å²) in [5.41, 5.74) is 0.834. The van der Waals surface area contributed by atoms with Crippen LogP contribution < -0.4 is 14.8 Å². The van der Waals surface area contributed by atoms with E-state index in [2.05, 4.69) is 15.5 Å². The number of nitrogens with zero attached hydrogens (tertiary/aromatic N) is 3. The molecule has 0 saturated carbocycles. The number of amides is 1. The van der Waals surface area contributed by atoms with Crippen LogP contribution in [0.4, 0.5) is 10.8 Å². The Morgan fingerprint density at radius 2 is 1.81 bits per heavy atom. The average molecular weight is 386 g/mol. The van der Waals surface area contributed by atoms with E-state index in [-0.39, 0.29) is 10.8 Å². The molecule has 0 aliphatic heterocycles. The van der Waals surface area contributed by atoms with Crippen LogP contribution in [0.2, 0.25) is 0 Å². The predicted molar refractivity (Wildman–Crippen MR) is 99.5 cm³/mol. The van der Waals surface area contributed by atoms with Crippen LogP contribution in [0.15, 0.2) is 42.5 Å². The number of anilines is 1. The van der Waals surface area contributed by atoms with Gasteiger partial charge in [0.05, 0.1) is 19.1 Å². The number of methoxy groups -OCH3 is 2. The molecule has 1 heterocycles. The van der Waals surface area contributed by atoms with Gasteiger partial charge in [0, 0.05) is 29.3 Å². The number of nitro benzene ring substituents is 1. The van der Waals surface area contributed by atoms with E-state index in [9.17, 15) is 14.9 Å². The molecule has 0 radical (unpaired) electrons. The molecule has 0 aliphatic carbocycles. The standard InChI is InChI=1S/C17H14N4O5S/c1-25-13-7-11(8-14(9-13)26-2)15(22)18-17-20-19-16(27-17)10-4-3-5-12(6-10)21(23)24/h3-9H,1-2H3,(H,18,20,22). The van der Waals surface area contributed by atoms with Crippen LogP contribution in [-0.2, 0) is 0 Å². The van der Waals surface area contributed by atoms with Crippen LogP contribution in [0.3, 0.4) is 0 Å². The van der Waals surface area contributed by atoms with Crippen LogP contribution in [-0.4, -0.2) is 35.2 Å². The monoisotopic (exact) mass is 386 g/mol. The summed E-state index contributed by atoms with van der Waals surface area (Å²) in [5, 5.41) is 22.2. The Bertz CT molecular complexity index is 982. The molecule has 138 valence electrons. The van der Waals surface area contributed by atoms with Crippen molar-refractivity contribution in [3.63, 3.8) is 0 Å². The lowest BCUT2D eigenvalue weighted by Gasteiger charge is -2.07. The zero-order valence-corrected chi connectivity index (χ0v) is 15.1. The van der Waals surface area contributed by atoms with Crippen LogP contribution in [0.1, 0.15) is 10.4 Å². The normalized spacial score (nSPS) is 10.3.